The highest BCUT2D eigenvalue weighted by Crippen LogP contribution is 2.31. The molecule has 2 aliphatic heterocycles. The van der Waals surface area contributed by atoms with Gasteiger partial charge in [-0.25, -0.2) is 8.42 Å². The van der Waals surface area contributed by atoms with Gasteiger partial charge in [0.15, 0.2) is 0 Å². The number of rotatable bonds is 2. The zero-order valence-corrected chi connectivity index (χ0v) is 14.7. The molecule has 8 heteroatoms. The van der Waals surface area contributed by atoms with E-state index in [0.717, 1.165) is 11.3 Å². The van der Waals surface area contributed by atoms with E-state index in [1.54, 1.807) is 28.0 Å². The highest BCUT2D eigenvalue weighted by molar-refractivity contribution is 7.89. The first kappa shape index (κ1) is 16.9. The summed E-state index contributed by atoms with van der Waals surface area (Å²) in [5.74, 6) is -0.0707. The highest BCUT2D eigenvalue weighted by atomic mass is 32.2. The van der Waals surface area contributed by atoms with E-state index in [-0.39, 0.29) is 16.7 Å². The standard InChI is InChI=1S/C16H21N3O4S/c1-12(20)17-7-9-18(10-8-17)24(22,23)15-3-4-16-14(11-15)5-6-19(16)13(2)21/h3-4,11H,5-10H2,1-2H3. The lowest BCUT2D eigenvalue weighted by atomic mass is 10.2. The summed E-state index contributed by atoms with van der Waals surface area (Å²) in [5.41, 5.74) is 1.68. The van der Waals surface area contributed by atoms with Crippen LogP contribution < -0.4 is 4.90 Å². The second-order valence-electron chi connectivity index (χ2n) is 6.12. The maximum absolute atomic E-state index is 12.8. The lowest BCUT2D eigenvalue weighted by Gasteiger charge is -2.33. The fourth-order valence-corrected chi connectivity index (χ4v) is 4.73. The van der Waals surface area contributed by atoms with Crippen molar-refractivity contribution in [2.24, 2.45) is 0 Å². The number of benzene rings is 1. The predicted molar refractivity (Wildman–Crippen MR) is 89.2 cm³/mol. The van der Waals surface area contributed by atoms with Crippen molar-refractivity contribution in [3.8, 4) is 0 Å². The number of nitrogens with zero attached hydrogens (tertiary/aromatic N) is 3. The largest absolute Gasteiger partial charge is 0.340 e. The summed E-state index contributed by atoms with van der Waals surface area (Å²) in [6, 6.07) is 4.94. The number of carbonyl (C=O) groups is 2. The third kappa shape index (κ3) is 2.91. The minimum absolute atomic E-state index is 0.0334. The molecule has 1 fully saturated rings. The van der Waals surface area contributed by atoms with E-state index in [1.165, 1.54) is 18.2 Å². The van der Waals surface area contributed by atoms with Crippen LogP contribution in [0, 0.1) is 0 Å². The van der Waals surface area contributed by atoms with Crippen LogP contribution in [0.15, 0.2) is 23.1 Å². The van der Waals surface area contributed by atoms with E-state index in [4.69, 9.17) is 0 Å². The van der Waals surface area contributed by atoms with Gasteiger partial charge in [0.1, 0.15) is 0 Å². The molecule has 130 valence electrons. The zero-order valence-electron chi connectivity index (χ0n) is 13.9. The fraction of sp³-hybridized carbons (Fsp3) is 0.500. The molecular weight excluding hydrogens is 330 g/mol. The summed E-state index contributed by atoms with van der Waals surface area (Å²) >= 11 is 0. The van der Waals surface area contributed by atoms with Gasteiger partial charge in [-0.3, -0.25) is 9.59 Å². The predicted octanol–water partition coefficient (Wildman–Crippen LogP) is 0.448. The summed E-state index contributed by atoms with van der Waals surface area (Å²) in [6.45, 7) is 5.03. The summed E-state index contributed by atoms with van der Waals surface area (Å²) in [6.07, 6.45) is 0.663. The molecule has 0 spiro atoms. The molecule has 0 N–H and O–H groups in total. The van der Waals surface area contributed by atoms with Crippen LogP contribution in [0.25, 0.3) is 0 Å². The quantitative estimate of drug-likeness (QED) is 0.775. The van der Waals surface area contributed by atoms with Crippen molar-refractivity contribution in [3.63, 3.8) is 0 Å². The number of sulfonamides is 1. The lowest BCUT2D eigenvalue weighted by Crippen LogP contribution is -2.49. The first-order valence-corrected chi connectivity index (χ1v) is 9.41. The SMILES string of the molecule is CC(=O)N1CCN(S(=O)(=O)c2ccc3c(c2)CCN3C(C)=O)CC1. The smallest absolute Gasteiger partial charge is 0.243 e. The Kier molecular flexibility index (Phi) is 4.35. The van der Waals surface area contributed by atoms with Crippen LogP contribution in [0.1, 0.15) is 19.4 Å². The molecule has 0 aromatic heterocycles. The van der Waals surface area contributed by atoms with E-state index in [0.29, 0.717) is 39.1 Å². The molecule has 3 rings (SSSR count). The second kappa shape index (κ2) is 6.18. The number of anilines is 1. The van der Waals surface area contributed by atoms with Crippen molar-refractivity contribution in [1.29, 1.82) is 0 Å². The van der Waals surface area contributed by atoms with E-state index < -0.39 is 10.0 Å². The molecule has 24 heavy (non-hydrogen) atoms. The van der Waals surface area contributed by atoms with Crippen LogP contribution in [0.5, 0.6) is 0 Å². The maximum Gasteiger partial charge on any atom is 0.243 e. The Morgan fingerprint density at radius 1 is 0.958 bits per heavy atom. The van der Waals surface area contributed by atoms with Crippen LogP contribution >= 0.6 is 0 Å². The molecule has 1 aromatic rings. The molecule has 0 bridgehead atoms. The van der Waals surface area contributed by atoms with Gasteiger partial charge >= 0.3 is 0 Å². The zero-order chi connectivity index (χ0) is 17.5. The van der Waals surface area contributed by atoms with Crippen molar-refractivity contribution in [2.45, 2.75) is 25.2 Å². The summed E-state index contributed by atoms with van der Waals surface area (Å²) in [5, 5.41) is 0. The van der Waals surface area contributed by atoms with Crippen LogP contribution in [0.2, 0.25) is 0 Å². The molecule has 7 nitrogen and oxygen atoms in total. The van der Waals surface area contributed by atoms with Crippen molar-refractivity contribution >= 4 is 27.5 Å². The summed E-state index contributed by atoms with van der Waals surface area (Å²) < 4.78 is 27.1. The number of piperazine rings is 1. The van der Waals surface area contributed by atoms with Crippen LogP contribution in [-0.2, 0) is 26.0 Å². The van der Waals surface area contributed by atoms with E-state index in [9.17, 15) is 18.0 Å². The van der Waals surface area contributed by atoms with Crippen LogP contribution in [-0.4, -0.2) is 62.2 Å². The molecule has 0 aliphatic carbocycles. The van der Waals surface area contributed by atoms with Crippen molar-refractivity contribution in [3.05, 3.63) is 23.8 Å². The van der Waals surface area contributed by atoms with E-state index >= 15 is 0 Å². The van der Waals surface area contributed by atoms with E-state index in [2.05, 4.69) is 0 Å². The lowest BCUT2D eigenvalue weighted by molar-refractivity contribution is -0.130. The Hall–Kier alpha value is -1.93. The number of hydrogen-bond donors (Lipinski definition) is 0. The van der Waals surface area contributed by atoms with Gasteiger partial charge in [0, 0.05) is 52.3 Å². The van der Waals surface area contributed by atoms with Gasteiger partial charge in [0.05, 0.1) is 4.90 Å². The maximum atomic E-state index is 12.8. The monoisotopic (exact) mass is 351 g/mol. The topological polar surface area (TPSA) is 78.0 Å². The normalized spacial score (nSPS) is 18.6. The van der Waals surface area contributed by atoms with Crippen molar-refractivity contribution in [1.82, 2.24) is 9.21 Å². The van der Waals surface area contributed by atoms with Crippen molar-refractivity contribution < 1.29 is 18.0 Å². The van der Waals surface area contributed by atoms with Gasteiger partial charge in [-0.05, 0) is 30.2 Å². The van der Waals surface area contributed by atoms with Gasteiger partial charge in [0.25, 0.3) is 0 Å². The fourth-order valence-electron chi connectivity index (χ4n) is 3.26. The van der Waals surface area contributed by atoms with Gasteiger partial charge in [-0.2, -0.15) is 4.31 Å². The number of amides is 2. The molecule has 2 amide bonds. The molecule has 2 aliphatic rings. The Morgan fingerprint density at radius 3 is 2.21 bits per heavy atom. The average molecular weight is 351 g/mol. The number of hydrogen-bond acceptors (Lipinski definition) is 4. The first-order chi connectivity index (χ1) is 11.3. The third-order valence-electron chi connectivity index (χ3n) is 4.65. The van der Waals surface area contributed by atoms with Gasteiger partial charge in [-0.1, -0.05) is 0 Å². The molecule has 0 saturated carbocycles. The van der Waals surface area contributed by atoms with E-state index in [1.807, 2.05) is 0 Å². The molecule has 0 radical (unpaired) electrons. The molecular formula is C16H21N3O4S. The average Bonchev–Trinajstić information content (AvgIpc) is 2.98. The van der Waals surface area contributed by atoms with Crippen molar-refractivity contribution in [2.75, 3.05) is 37.6 Å². The summed E-state index contributed by atoms with van der Waals surface area (Å²) in [7, 11) is -3.58. The Balaban J connectivity index is 1.82. The molecule has 2 heterocycles. The number of carbonyl (C=O) groups excluding carboxylic acids is 2. The molecule has 0 unspecified atom stereocenters. The molecule has 1 aromatic carbocycles. The first-order valence-electron chi connectivity index (χ1n) is 7.97. The Morgan fingerprint density at radius 2 is 1.62 bits per heavy atom. The number of fused-ring (bicyclic) bond motifs is 1. The van der Waals surface area contributed by atoms with Gasteiger partial charge in [0.2, 0.25) is 21.8 Å². The Labute approximate surface area is 141 Å². The van der Waals surface area contributed by atoms with Gasteiger partial charge in [-0.15, -0.1) is 0 Å². The molecule has 1 saturated heterocycles. The second-order valence-corrected chi connectivity index (χ2v) is 8.06. The Bertz CT molecular complexity index is 783. The van der Waals surface area contributed by atoms with Gasteiger partial charge < -0.3 is 9.80 Å². The highest BCUT2D eigenvalue weighted by Gasteiger charge is 2.31. The summed E-state index contributed by atoms with van der Waals surface area (Å²) in [4.78, 5) is 26.5. The van der Waals surface area contributed by atoms with Crippen LogP contribution in [0.4, 0.5) is 5.69 Å². The van der Waals surface area contributed by atoms with Crippen LogP contribution in [0.3, 0.4) is 0 Å². The third-order valence-corrected chi connectivity index (χ3v) is 6.54. The minimum Gasteiger partial charge on any atom is -0.340 e. The molecule has 0 atom stereocenters. The minimum atomic E-state index is -3.58.